The third-order valence-electron chi connectivity index (χ3n) is 5.33. The number of benzene rings is 1. The molecule has 2 N–H and O–H groups in total. The highest BCUT2D eigenvalue weighted by Crippen LogP contribution is 2.20. The average Bonchev–Trinajstić information content (AvgIpc) is 2.64. The summed E-state index contributed by atoms with van der Waals surface area (Å²) in [6.45, 7) is 5.03. The second kappa shape index (κ2) is 7.95. The Morgan fingerprint density at radius 2 is 2.00 bits per heavy atom. The van der Waals surface area contributed by atoms with Crippen molar-refractivity contribution in [3.05, 3.63) is 35.6 Å². The van der Waals surface area contributed by atoms with Gasteiger partial charge in [-0.25, -0.2) is 4.39 Å². The van der Waals surface area contributed by atoms with Crippen molar-refractivity contribution >= 4 is 11.8 Å². The van der Waals surface area contributed by atoms with E-state index in [1.807, 2.05) is 0 Å². The number of rotatable bonds is 3. The van der Waals surface area contributed by atoms with Crippen molar-refractivity contribution in [2.45, 2.75) is 32.2 Å². The van der Waals surface area contributed by atoms with Crippen LogP contribution in [-0.4, -0.2) is 48.9 Å². The minimum absolute atomic E-state index is 0.0390. The molecule has 0 aromatic heterocycles. The van der Waals surface area contributed by atoms with Crippen LogP contribution < -0.4 is 10.6 Å². The van der Waals surface area contributed by atoms with Crippen LogP contribution in [0.1, 0.15) is 36.5 Å². The van der Waals surface area contributed by atoms with Crippen LogP contribution in [0.5, 0.6) is 0 Å². The summed E-state index contributed by atoms with van der Waals surface area (Å²) < 4.78 is 13.0. The van der Waals surface area contributed by atoms with Gasteiger partial charge in [-0.15, -0.1) is 0 Å². The van der Waals surface area contributed by atoms with Crippen molar-refractivity contribution in [3.63, 3.8) is 0 Å². The number of carbonyl (C=O) groups is 2. The zero-order chi connectivity index (χ0) is 17.8. The van der Waals surface area contributed by atoms with Gasteiger partial charge in [0.15, 0.2) is 0 Å². The van der Waals surface area contributed by atoms with E-state index in [9.17, 15) is 14.0 Å². The largest absolute Gasteiger partial charge is 0.352 e. The van der Waals surface area contributed by atoms with Crippen molar-refractivity contribution in [2.75, 3.05) is 26.2 Å². The molecule has 0 spiro atoms. The first-order chi connectivity index (χ1) is 12.0. The molecule has 2 heterocycles. The summed E-state index contributed by atoms with van der Waals surface area (Å²) in [5.74, 6) is -0.164. The van der Waals surface area contributed by atoms with E-state index in [0.29, 0.717) is 24.6 Å². The van der Waals surface area contributed by atoms with E-state index in [0.717, 1.165) is 32.4 Å². The van der Waals surface area contributed by atoms with Crippen molar-refractivity contribution in [1.29, 1.82) is 0 Å². The number of carbonyl (C=O) groups excluding carboxylic acids is 2. The van der Waals surface area contributed by atoms with Gasteiger partial charge in [0, 0.05) is 31.2 Å². The number of hydrogen-bond donors (Lipinski definition) is 2. The second-order valence-electron chi connectivity index (χ2n) is 7.18. The lowest BCUT2D eigenvalue weighted by molar-refractivity contribution is -0.127. The van der Waals surface area contributed by atoms with Gasteiger partial charge in [0.25, 0.3) is 5.91 Å². The van der Waals surface area contributed by atoms with Gasteiger partial charge in [-0.05, 0) is 56.0 Å². The summed E-state index contributed by atoms with van der Waals surface area (Å²) in [6, 6.07) is 5.73. The Bertz CT molecular complexity index is 620. The fourth-order valence-electron chi connectivity index (χ4n) is 3.63. The van der Waals surface area contributed by atoms with E-state index in [2.05, 4.69) is 17.6 Å². The number of nitrogens with zero attached hydrogens (tertiary/aromatic N) is 1. The highest BCUT2D eigenvalue weighted by molar-refractivity contribution is 5.94. The SMILES string of the molecule is CC1CCNCC1NC(=O)C1CCCN(C(=O)c2ccc(F)cc2)C1. The van der Waals surface area contributed by atoms with Crippen LogP contribution >= 0.6 is 0 Å². The Balaban J connectivity index is 1.59. The maximum absolute atomic E-state index is 13.0. The minimum Gasteiger partial charge on any atom is -0.352 e. The van der Waals surface area contributed by atoms with Crippen LogP contribution in [-0.2, 0) is 4.79 Å². The molecule has 1 aromatic carbocycles. The van der Waals surface area contributed by atoms with Gasteiger partial charge >= 0.3 is 0 Å². The topological polar surface area (TPSA) is 61.4 Å². The number of hydrogen-bond acceptors (Lipinski definition) is 3. The average molecular weight is 347 g/mol. The zero-order valence-electron chi connectivity index (χ0n) is 14.6. The van der Waals surface area contributed by atoms with Crippen LogP contribution in [0.2, 0.25) is 0 Å². The van der Waals surface area contributed by atoms with E-state index >= 15 is 0 Å². The van der Waals surface area contributed by atoms with Crippen molar-refractivity contribution < 1.29 is 14.0 Å². The first kappa shape index (κ1) is 17.9. The molecule has 3 rings (SSSR count). The molecule has 1 aromatic rings. The highest BCUT2D eigenvalue weighted by Gasteiger charge is 2.31. The molecule has 136 valence electrons. The van der Waals surface area contributed by atoms with E-state index in [-0.39, 0.29) is 29.6 Å². The molecular formula is C19H26FN3O2. The summed E-state index contributed by atoms with van der Waals surface area (Å²) in [5.41, 5.74) is 0.465. The quantitative estimate of drug-likeness (QED) is 0.876. The van der Waals surface area contributed by atoms with Gasteiger partial charge in [-0.3, -0.25) is 9.59 Å². The number of likely N-dealkylation sites (tertiary alicyclic amines) is 1. The summed E-state index contributed by atoms with van der Waals surface area (Å²) in [5, 5.41) is 6.47. The van der Waals surface area contributed by atoms with E-state index in [1.165, 1.54) is 24.3 Å². The molecule has 0 radical (unpaired) electrons. The normalized spacial score (nSPS) is 27.0. The number of piperidine rings is 2. The standard InChI is InChI=1S/C19H26FN3O2/c1-13-8-9-21-11-17(13)22-18(24)15-3-2-10-23(12-15)19(25)14-4-6-16(20)7-5-14/h4-7,13,15,17,21H,2-3,8-12H2,1H3,(H,22,24). The molecule has 5 nitrogen and oxygen atoms in total. The van der Waals surface area contributed by atoms with Gasteiger partial charge in [0.05, 0.1) is 5.92 Å². The molecule has 0 saturated carbocycles. The molecule has 2 fully saturated rings. The maximum Gasteiger partial charge on any atom is 0.253 e. The lowest BCUT2D eigenvalue weighted by Crippen LogP contribution is -2.53. The van der Waals surface area contributed by atoms with Crippen LogP contribution in [0, 0.1) is 17.7 Å². The smallest absolute Gasteiger partial charge is 0.253 e. The summed E-state index contributed by atoms with van der Waals surface area (Å²) in [7, 11) is 0. The Kier molecular flexibility index (Phi) is 5.68. The molecular weight excluding hydrogens is 321 g/mol. The molecule has 3 unspecified atom stereocenters. The molecule has 2 aliphatic rings. The Morgan fingerprint density at radius 3 is 2.72 bits per heavy atom. The van der Waals surface area contributed by atoms with Gasteiger partial charge < -0.3 is 15.5 Å². The van der Waals surface area contributed by atoms with Gasteiger partial charge in [-0.1, -0.05) is 6.92 Å². The van der Waals surface area contributed by atoms with Crippen LogP contribution in [0.4, 0.5) is 4.39 Å². The zero-order valence-corrected chi connectivity index (χ0v) is 14.6. The lowest BCUT2D eigenvalue weighted by Gasteiger charge is -2.35. The molecule has 3 atom stereocenters. The lowest BCUT2D eigenvalue weighted by atomic mass is 9.92. The minimum atomic E-state index is -0.359. The fraction of sp³-hybridized carbons (Fsp3) is 0.579. The summed E-state index contributed by atoms with van der Waals surface area (Å²) in [6.07, 6.45) is 2.67. The highest BCUT2D eigenvalue weighted by atomic mass is 19.1. The first-order valence-corrected chi connectivity index (χ1v) is 9.10. The van der Waals surface area contributed by atoms with Gasteiger partial charge in [0.1, 0.15) is 5.82 Å². The van der Waals surface area contributed by atoms with E-state index in [1.54, 1.807) is 4.90 Å². The predicted octanol–water partition coefficient (Wildman–Crippen LogP) is 1.79. The summed E-state index contributed by atoms with van der Waals surface area (Å²) >= 11 is 0. The first-order valence-electron chi connectivity index (χ1n) is 9.10. The molecule has 2 aliphatic heterocycles. The van der Waals surface area contributed by atoms with Crippen LogP contribution in [0.15, 0.2) is 24.3 Å². The third-order valence-corrected chi connectivity index (χ3v) is 5.33. The second-order valence-corrected chi connectivity index (χ2v) is 7.18. The van der Waals surface area contributed by atoms with Gasteiger partial charge in [0.2, 0.25) is 5.91 Å². The molecule has 25 heavy (non-hydrogen) atoms. The molecule has 0 aliphatic carbocycles. The molecule has 6 heteroatoms. The number of amides is 2. The predicted molar refractivity (Wildman–Crippen MR) is 93.6 cm³/mol. The van der Waals surface area contributed by atoms with Crippen LogP contribution in [0.25, 0.3) is 0 Å². The number of nitrogens with one attached hydrogen (secondary N) is 2. The Hall–Kier alpha value is -1.95. The Morgan fingerprint density at radius 1 is 1.24 bits per heavy atom. The molecule has 0 bridgehead atoms. The summed E-state index contributed by atoms with van der Waals surface area (Å²) in [4.78, 5) is 26.9. The monoisotopic (exact) mass is 347 g/mol. The van der Waals surface area contributed by atoms with Crippen LogP contribution in [0.3, 0.4) is 0 Å². The maximum atomic E-state index is 13.0. The molecule has 2 saturated heterocycles. The third kappa shape index (κ3) is 4.37. The number of halogens is 1. The van der Waals surface area contributed by atoms with Crippen molar-refractivity contribution in [2.24, 2.45) is 11.8 Å². The van der Waals surface area contributed by atoms with Gasteiger partial charge in [-0.2, -0.15) is 0 Å². The Labute approximate surface area is 148 Å². The van der Waals surface area contributed by atoms with Crippen molar-refractivity contribution in [1.82, 2.24) is 15.5 Å². The van der Waals surface area contributed by atoms with E-state index < -0.39 is 0 Å². The molecule has 2 amide bonds. The van der Waals surface area contributed by atoms with E-state index in [4.69, 9.17) is 0 Å². The van der Waals surface area contributed by atoms with Crippen molar-refractivity contribution in [3.8, 4) is 0 Å². The fourth-order valence-corrected chi connectivity index (χ4v) is 3.63.